The van der Waals surface area contributed by atoms with Gasteiger partial charge in [-0.3, -0.25) is 4.79 Å². The molecule has 2 rings (SSSR count). The van der Waals surface area contributed by atoms with E-state index in [1.165, 1.54) is 11.3 Å². The summed E-state index contributed by atoms with van der Waals surface area (Å²) < 4.78 is 0. The largest absolute Gasteiger partial charge is 0.378 e. The summed E-state index contributed by atoms with van der Waals surface area (Å²) in [4.78, 5) is 18.1. The van der Waals surface area contributed by atoms with E-state index in [-0.39, 0.29) is 12.3 Å². The minimum atomic E-state index is -0.154. The first-order chi connectivity index (χ1) is 10.5. The van der Waals surface area contributed by atoms with Gasteiger partial charge in [0.05, 0.1) is 12.1 Å². The number of carbonyl (C=O) groups is 1. The summed E-state index contributed by atoms with van der Waals surface area (Å²) in [6, 6.07) is 8.03. The van der Waals surface area contributed by atoms with E-state index in [4.69, 9.17) is 0 Å². The summed E-state index contributed by atoms with van der Waals surface area (Å²) in [5.74, 6) is -0.154. The van der Waals surface area contributed by atoms with Gasteiger partial charge >= 0.3 is 0 Å². The summed E-state index contributed by atoms with van der Waals surface area (Å²) in [6.07, 6.45) is 0.259. The number of rotatable bonds is 5. The van der Waals surface area contributed by atoms with Gasteiger partial charge in [0.15, 0.2) is 0 Å². The Kier molecular flexibility index (Phi) is 5.27. The molecule has 0 aliphatic rings. The number of benzene rings is 1. The van der Waals surface area contributed by atoms with Crippen molar-refractivity contribution in [3.8, 4) is 0 Å². The van der Waals surface area contributed by atoms with Crippen LogP contribution in [-0.4, -0.2) is 30.7 Å². The normalized spacial score (nSPS) is 11.4. The average molecular weight is 316 g/mol. The van der Waals surface area contributed by atoms with E-state index in [0.29, 0.717) is 0 Å². The number of carbonyl (C=O) groups excluding carboxylic acids is 1. The lowest BCUT2D eigenvalue weighted by Gasteiger charge is -2.12. The highest BCUT2D eigenvalue weighted by atomic mass is 32.1. The number of amides is 1. The number of thiazole rings is 1. The van der Waals surface area contributed by atoms with E-state index < -0.39 is 0 Å². The van der Waals surface area contributed by atoms with E-state index >= 15 is 0 Å². The van der Waals surface area contributed by atoms with Gasteiger partial charge in [-0.1, -0.05) is 12.1 Å². The van der Waals surface area contributed by atoms with Crippen LogP contribution < -0.4 is 10.3 Å². The van der Waals surface area contributed by atoms with Crippen molar-refractivity contribution < 1.29 is 4.79 Å². The molecule has 1 amide bonds. The van der Waals surface area contributed by atoms with Crippen molar-refractivity contribution in [2.45, 2.75) is 20.3 Å². The second-order valence-electron chi connectivity index (χ2n) is 5.23. The standard InChI is InChI=1S/C16H20N4OS/c1-11-10-22-16(17-11)9-15(21)19-18-12(2)13-5-7-14(8-6-13)20(3)4/h5-8,10H,9H2,1-4H3,(H,19,21). The fourth-order valence-electron chi connectivity index (χ4n) is 1.87. The van der Waals surface area contributed by atoms with Gasteiger partial charge in [0, 0.05) is 30.9 Å². The molecule has 116 valence electrons. The number of anilines is 1. The lowest BCUT2D eigenvalue weighted by molar-refractivity contribution is -0.120. The zero-order valence-electron chi connectivity index (χ0n) is 13.3. The molecule has 0 atom stereocenters. The van der Waals surface area contributed by atoms with Crippen LogP contribution in [-0.2, 0) is 11.2 Å². The van der Waals surface area contributed by atoms with Crippen LogP contribution >= 0.6 is 11.3 Å². The van der Waals surface area contributed by atoms with E-state index in [0.717, 1.165) is 27.7 Å². The molecule has 22 heavy (non-hydrogen) atoms. The second kappa shape index (κ2) is 7.17. The molecule has 0 unspecified atom stereocenters. The molecule has 0 aliphatic heterocycles. The SMILES string of the molecule is CC(=NNC(=O)Cc1nc(C)cs1)c1ccc(N(C)C)cc1. The van der Waals surface area contributed by atoms with Crippen LogP contribution in [0.4, 0.5) is 5.69 Å². The van der Waals surface area contributed by atoms with Crippen LogP contribution in [0, 0.1) is 6.92 Å². The molecular weight excluding hydrogens is 296 g/mol. The lowest BCUT2D eigenvalue weighted by Crippen LogP contribution is -2.21. The molecule has 0 radical (unpaired) electrons. The van der Waals surface area contributed by atoms with Crippen molar-refractivity contribution in [3.63, 3.8) is 0 Å². The van der Waals surface area contributed by atoms with Gasteiger partial charge in [0.2, 0.25) is 5.91 Å². The van der Waals surface area contributed by atoms with Crippen molar-refractivity contribution >= 4 is 28.6 Å². The van der Waals surface area contributed by atoms with E-state index in [1.54, 1.807) is 0 Å². The minimum Gasteiger partial charge on any atom is -0.378 e. The van der Waals surface area contributed by atoms with E-state index in [9.17, 15) is 4.79 Å². The van der Waals surface area contributed by atoms with Crippen molar-refractivity contribution in [1.29, 1.82) is 0 Å². The van der Waals surface area contributed by atoms with Crippen LogP contribution in [0.5, 0.6) is 0 Å². The monoisotopic (exact) mass is 316 g/mol. The predicted molar refractivity (Wildman–Crippen MR) is 91.7 cm³/mol. The number of hydrazone groups is 1. The van der Waals surface area contributed by atoms with Crippen molar-refractivity contribution in [2.24, 2.45) is 5.10 Å². The number of nitrogens with zero attached hydrogens (tertiary/aromatic N) is 3. The first-order valence-corrected chi connectivity index (χ1v) is 7.85. The Morgan fingerprint density at radius 2 is 2.00 bits per heavy atom. The fourth-order valence-corrected chi connectivity index (χ4v) is 2.64. The average Bonchev–Trinajstić information content (AvgIpc) is 2.90. The summed E-state index contributed by atoms with van der Waals surface area (Å²) in [5, 5.41) is 6.89. The zero-order chi connectivity index (χ0) is 16.1. The fraction of sp³-hybridized carbons (Fsp3) is 0.312. The van der Waals surface area contributed by atoms with Gasteiger partial charge in [-0.25, -0.2) is 10.4 Å². The Hall–Kier alpha value is -2.21. The first kappa shape index (κ1) is 16.2. The maximum Gasteiger partial charge on any atom is 0.246 e. The Morgan fingerprint density at radius 1 is 1.32 bits per heavy atom. The highest BCUT2D eigenvalue weighted by Crippen LogP contribution is 2.13. The quantitative estimate of drug-likeness (QED) is 0.681. The highest BCUT2D eigenvalue weighted by Gasteiger charge is 2.06. The van der Waals surface area contributed by atoms with Gasteiger partial charge in [-0.05, 0) is 31.5 Å². The number of hydrogen-bond donors (Lipinski definition) is 1. The summed E-state index contributed by atoms with van der Waals surface area (Å²) >= 11 is 1.49. The number of nitrogens with one attached hydrogen (secondary N) is 1. The molecule has 0 spiro atoms. The summed E-state index contributed by atoms with van der Waals surface area (Å²) in [7, 11) is 3.99. The molecule has 6 heteroatoms. The number of aromatic nitrogens is 1. The van der Waals surface area contributed by atoms with Crippen LogP contribution in [0.15, 0.2) is 34.7 Å². The Bertz CT molecular complexity index is 674. The number of aryl methyl sites for hydroxylation is 1. The molecule has 0 aliphatic carbocycles. The molecular formula is C16H20N4OS. The van der Waals surface area contributed by atoms with Gasteiger partial charge in [-0.15, -0.1) is 11.3 Å². The summed E-state index contributed by atoms with van der Waals surface area (Å²) in [6.45, 7) is 3.79. The zero-order valence-corrected chi connectivity index (χ0v) is 14.1. The van der Waals surface area contributed by atoms with Crippen LogP contribution in [0.25, 0.3) is 0 Å². The molecule has 5 nitrogen and oxygen atoms in total. The topological polar surface area (TPSA) is 57.6 Å². The molecule has 0 saturated heterocycles. The van der Waals surface area contributed by atoms with E-state index in [1.807, 2.05) is 62.5 Å². The molecule has 1 aromatic carbocycles. The second-order valence-corrected chi connectivity index (χ2v) is 6.18. The van der Waals surface area contributed by atoms with Gasteiger partial charge < -0.3 is 4.90 Å². The van der Waals surface area contributed by atoms with Crippen LogP contribution in [0.2, 0.25) is 0 Å². The molecule has 1 aromatic heterocycles. The van der Waals surface area contributed by atoms with E-state index in [2.05, 4.69) is 15.5 Å². The Balaban J connectivity index is 1.95. The Labute approximate surface area is 134 Å². The van der Waals surface area contributed by atoms with Gasteiger partial charge in [-0.2, -0.15) is 5.10 Å². The first-order valence-electron chi connectivity index (χ1n) is 6.97. The Morgan fingerprint density at radius 3 is 2.55 bits per heavy atom. The van der Waals surface area contributed by atoms with Crippen molar-refractivity contribution in [3.05, 3.63) is 45.9 Å². The maximum atomic E-state index is 11.8. The maximum absolute atomic E-state index is 11.8. The van der Waals surface area contributed by atoms with Gasteiger partial charge in [0.25, 0.3) is 0 Å². The van der Waals surface area contributed by atoms with Crippen molar-refractivity contribution in [1.82, 2.24) is 10.4 Å². The molecule has 1 heterocycles. The smallest absolute Gasteiger partial charge is 0.246 e. The molecule has 2 aromatic rings. The minimum absolute atomic E-state index is 0.154. The van der Waals surface area contributed by atoms with Gasteiger partial charge in [0.1, 0.15) is 5.01 Å². The molecule has 0 saturated carbocycles. The van der Waals surface area contributed by atoms with Crippen molar-refractivity contribution in [2.75, 3.05) is 19.0 Å². The highest BCUT2D eigenvalue weighted by molar-refractivity contribution is 7.09. The predicted octanol–water partition coefficient (Wildman–Crippen LogP) is 2.60. The number of hydrogen-bond acceptors (Lipinski definition) is 5. The molecule has 1 N–H and O–H groups in total. The van der Waals surface area contributed by atoms with Crippen LogP contribution in [0.1, 0.15) is 23.2 Å². The van der Waals surface area contributed by atoms with Crippen LogP contribution in [0.3, 0.4) is 0 Å². The summed E-state index contributed by atoms with van der Waals surface area (Å²) in [5.41, 5.74) is 6.40. The molecule has 0 bridgehead atoms. The molecule has 0 fully saturated rings. The lowest BCUT2D eigenvalue weighted by atomic mass is 10.1. The third-order valence-electron chi connectivity index (χ3n) is 3.13. The third-order valence-corrected chi connectivity index (χ3v) is 4.09. The third kappa shape index (κ3) is 4.39.